The van der Waals surface area contributed by atoms with Gasteiger partial charge in [-0.2, -0.15) is 0 Å². The average molecular weight is 323 g/mol. The van der Waals surface area contributed by atoms with Crippen LogP contribution in [0.3, 0.4) is 0 Å². The molecule has 0 unspecified atom stereocenters. The number of carbonyl (C=O) groups is 2. The molecule has 0 bridgehead atoms. The lowest BCUT2D eigenvalue weighted by atomic mass is 10.2. The first-order valence-corrected chi connectivity index (χ1v) is 7.35. The molecule has 7 nitrogen and oxygen atoms in total. The van der Waals surface area contributed by atoms with Gasteiger partial charge in [0.05, 0.1) is 11.9 Å². The third-order valence-electron chi connectivity index (χ3n) is 2.28. The van der Waals surface area contributed by atoms with Crippen LogP contribution in [0.25, 0.3) is 0 Å². The number of hydrogen-bond acceptors (Lipinski definition) is 5. The molecule has 1 aromatic rings. The highest BCUT2D eigenvalue weighted by atomic mass is 16.6. The van der Waals surface area contributed by atoms with Crippen LogP contribution in [0.4, 0.5) is 15.3 Å². The Balaban J connectivity index is 2.57. The molecule has 23 heavy (non-hydrogen) atoms. The Bertz CT molecular complexity index is 559. The number of nitrogens with one attached hydrogen (secondary N) is 2. The van der Waals surface area contributed by atoms with Crippen molar-refractivity contribution in [1.29, 1.82) is 0 Å². The number of nitrogens with zero attached hydrogens (tertiary/aromatic N) is 1. The Morgan fingerprint density at radius 3 is 2.13 bits per heavy atom. The van der Waals surface area contributed by atoms with E-state index in [1.165, 1.54) is 6.20 Å². The van der Waals surface area contributed by atoms with Gasteiger partial charge in [0.25, 0.3) is 0 Å². The zero-order chi connectivity index (χ0) is 17.7. The molecule has 1 rings (SSSR count). The van der Waals surface area contributed by atoms with Crippen LogP contribution >= 0.6 is 0 Å². The van der Waals surface area contributed by atoms with Crippen LogP contribution < -0.4 is 10.6 Å². The number of pyridine rings is 1. The fraction of sp³-hybridized carbons (Fsp3) is 0.562. The number of aromatic nitrogens is 1. The van der Waals surface area contributed by atoms with Crippen molar-refractivity contribution >= 4 is 17.9 Å². The first kappa shape index (κ1) is 18.7. The third-order valence-corrected chi connectivity index (χ3v) is 2.28. The van der Waals surface area contributed by atoms with Gasteiger partial charge in [0.15, 0.2) is 0 Å². The van der Waals surface area contributed by atoms with E-state index in [1.54, 1.807) is 53.8 Å². The van der Waals surface area contributed by atoms with Crippen molar-refractivity contribution in [2.45, 2.75) is 59.3 Å². The molecule has 0 aliphatic carbocycles. The predicted octanol–water partition coefficient (Wildman–Crippen LogP) is 3.45. The molecule has 0 saturated heterocycles. The topological polar surface area (TPSA) is 89.5 Å². The average Bonchev–Trinajstić information content (AvgIpc) is 2.32. The summed E-state index contributed by atoms with van der Waals surface area (Å²) in [7, 11) is 0. The van der Waals surface area contributed by atoms with Crippen molar-refractivity contribution in [2.75, 3.05) is 5.32 Å². The summed E-state index contributed by atoms with van der Waals surface area (Å²) in [6.07, 6.45) is 2.03. The zero-order valence-electron chi connectivity index (χ0n) is 14.5. The van der Waals surface area contributed by atoms with Crippen LogP contribution in [0.5, 0.6) is 0 Å². The van der Waals surface area contributed by atoms with Gasteiger partial charge >= 0.3 is 12.2 Å². The van der Waals surface area contributed by atoms with E-state index < -0.39 is 23.4 Å². The Morgan fingerprint density at radius 2 is 1.57 bits per heavy atom. The molecule has 0 aliphatic rings. The minimum atomic E-state index is -0.576. The number of rotatable bonds is 3. The number of carbonyl (C=O) groups excluding carboxylic acids is 2. The van der Waals surface area contributed by atoms with Crippen molar-refractivity contribution in [3.8, 4) is 0 Å². The molecule has 0 atom stereocenters. The minimum absolute atomic E-state index is 0.242. The highest BCUT2D eigenvalue weighted by Gasteiger charge is 2.17. The molecule has 0 saturated carbocycles. The zero-order valence-corrected chi connectivity index (χ0v) is 14.5. The standard InChI is InChI=1S/C16H25N3O4/c1-15(2,3)22-13(20)18-9-11-7-12(10-17-8-11)19-14(21)23-16(4,5)6/h7-8,10H,9H2,1-6H3,(H,18,20)(H,19,21). The second kappa shape index (κ2) is 7.30. The Kier molecular flexibility index (Phi) is 5.95. The van der Waals surface area contributed by atoms with Gasteiger partial charge in [-0.1, -0.05) is 0 Å². The van der Waals surface area contributed by atoms with E-state index in [9.17, 15) is 9.59 Å². The Morgan fingerprint density at radius 1 is 1.00 bits per heavy atom. The summed E-state index contributed by atoms with van der Waals surface area (Å²) in [5.41, 5.74) is 0.0858. The molecule has 0 radical (unpaired) electrons. The first-order chi connectivity index (χ1) is 10.4. The van der Waals surface area contributed by atoms with E-state index >= 15 is 0 Å². The van der Waals surface area contributed by atoms with Crippen molar-refractivity contribution in [2.24, 2.45) is 0 Å². The summed E-state index contributed by atoms with van der Waals surface area (Å²) >= 11 is 0. The van der Waals surface area contributed by atoms with Gasteiger partial charge in [0, 0.05) is 12.7 Å². The molecule has 0 fully saturated rings. The van der Waals surface area contributed by atoms with Gasteiger partial charge < -0.3 is 14.8 Å². The highest BCUT2D eigenvalue weighted by molar-refractivity contribution is 5.84. The summed E-state index contributed by atoms with van der Waals surface area (Å²) in [6.45, 7) is 11.0. The maximum absolute atomic E-state index is 11.7. The number of anilines is 1. The van der Waals surface area contributed by atoms with Crippen LogP contribution in [0.1, 0.15) is 47.1 Å². The Hall–Kier alpha value is -2.31. The lowest BCUT2D eigenvalue weighted by Gasteiger charge is -2.20. The highest BCUT2D eigenvalue weighted by Crippen LogP contribution is 2.13. The lowest BCUT2D eigenvalue weighted by molar-refractivity contribution is 0.0522. The second-order valence-electron chi connectivity index (χ2n) is 7.06. The molecule has 1 heterocycles. The molecule has 7 heteroatoms. The summed E-state index contributed by atoms with van der Waals surface area (Å²) in [5.74, 6) is 0. The van der Waals surface area contributed by atoms with Crippen LogP contribution in [-0.4, -0.2) is 28.4 Å². The van der Waals surface area contributed by atoms with E-state index in [1.807, 2.05) is 0 Å². The van der Waals surface area contributed by atoms with E-state index in [4.69, 9.17) is 9.47 Å². The maximum Gasteiger partial charge on any atom is 0.412 e. The van der Waals surface area contributed by atoms with Crippen molar-refractivity contribution < 1.29 is 19.1 Å². The number of alkyl carbamates (subject to hydrolysis) is 1. The van der Waals surface area contributed by atoms with E-state index in [0.717, 1.165) is 5.56 Å². The van der Waals surface area contributed by atoms with Crippen molar-refractivity contribution in [3.05, 3.63) is 24.0 Å². The van der Waals surface area contributed by atoms with Gasteiger partial charge in [-0.25, -0.2) is 9.59 Å². The Labute approximate surface area is 136 Å². The van der Waals surface area contributed by atoms with Gasteiger partial charge in [0.2, 0.25) is 0 Å². The smallest absolute Gasteiger partial charge is 0.412 e. The predicted molar refractivity (Wildman–Crippen MR) is 87.2 cm³/mol. The molecular formula is C16H25N3O4. The number of ether oxygens (including phenoxy) is 2. The first-order valence-electron chi connectivity index (χ1n) is 7.35. The molecule has 2 amide bonds. The lowest BCUT2D eigenvalue weighted by Crippen LogP contribution is -2.32. The van der Waals surface area contributed by atoms with Gasteiger partial charge in [-0.15, -0.1) is 0 Å². The fourth-order valence-corrected chi connectivity index (χ4v) is 1.56. The monoisotopic (exact) mass is 323 g/mol. The summed E-state index contributed by atoms with van der Waals surface area (Å²) in [5, 5.41) is 5.23. The van der Waals surface area contributed by atoms with Gasteiger partial charge in [-0.3, -0.25) is 10.3 Å². The van der Waals surface area contributed by atoms with Crippen LogP contribution in [-0.2, 0) is 16.0 Å². The number of hydrogen-bond donors (Lipinski definition) is 2. The molecule has 1 aromatic heterocycles. The molecule has 0 aliphatic heterocycles. The quantitative estimate of drug-likeness (QED) is 0.889. The molecular weight excluding hydrogens is 298 g/mol. The maximum atomic E-state index is 11.7. The van der Waals surface area contributed by atoms with Crippen molar-refractivity contribution in [1.82, 2.24) is 10.3 Å². The minimum Gasteiger partial charge on any atom is -0.444 e. The second-order valence-corrected chi connectivity index (χ2v) is 7.06. The third kappa shape index (κ3) is 8.65. The van der Waals surface area contributed by atoms with Gasteiger partial charge in [0.1, 0.15) is 11.2 Å². The van der Waals surface area contributed by atoms with Crippen molar-refractivity contribution in [3.63, 3.8) is 0 Å². The summed E-state index contributed by atoms with van der Waals surface area (Å²) < 4.78 is 10.3. The van der Waals surface area contributed by atoms with E-state index in [-0.39, 0.29) is 6.54 Å². The molecule has 2 N–H and O–H groups in total. The summed E-state index contributed by atoms with van der Waals surface area (Å²) in [4.78, 5) is 27.3. The normalized spacial score (nSPS) is 11.6. The van der Waals surface area contributed by atoms with Crippen LogP contribution in [0, 0.1) is 0 Å². The van der Waals surface area contributed by atoms with Crippen LogP contribution in [0.2, 0.25) is 0 Å². The summed E-state index contributed by atoms with van der Waals surface area (Å²) in [6, 6.07) is 1.70. The fourth-order valence-electron chi connectivity index (χ4n) is 1.56. The van der Waals surface area contributed by atoms with E-state index in [0.29, 0.717) is 5.69 Å². The van der Waals surface area contributed by atoms with Gasteiger partial charge in [-0.05, 0) is 53.2 Å². The SMILES string of the molecule is CC(C)(C)OC(=O)NCc1cncc(NC(=O)OC(C)(C)C)c1. The molecule has 0 aromatic carbocycles. The number of amides is 2. The van der Waals surface area contributed by atoms with Crippen LogP contribution in [0.15, 0.2) is 18.5 Å². The molecule has 128 valence electrons. The molecule has 0 spiro atoms. The van der Waals surface area contributed by atoms with E-state index in [2.05, 4.69) is 15.6 Å². The largest absolute Gasteiger partial charge is 0.444 e.